The van der Waals surface area contributed by atoms with Crippen LogP contribution in [0, 0.1) is 3.57 Å². The monoisotopic (exact) mass is 627 g/mol. The predicted octanol–water partition coefficient (Wildman–Crippen LogP) is 4.85. The molecule has 8 nitrogen and oxygen atoms in total. The first-order valence-corrected chi connectivity index (χ1v) is 12.3. The van der Waals surface area contributed by atoms with Crippen LogP contribution in [0.3, 0.4) is 0 Å². The summed E-state index contributed by atoms with van der Waals surface area (Å²) in [6.07, 6.45) is 4.03. The summed E-state index contributed by atoms with van der Waals surface area (Å²) in [6.45, 7) is 3.81. The number of carbonyl (C=O) groups is 1. The SMILES string of the molecule is CCCCc1nc2ccc(Br)cc2c(=O)n1N=Cc1cc(I)c(OCC(=O)O)c(OCC)c1. The standard InChI is InChI=1S/C23H23BrIN3O5/c1-3-5-6-20-27-18-8-7-15(24)11-16(18)23(31)28(20)26-12-14-9-17(25)22(33-13-21(29)30)19(10-14)32-4-2/h7-12H,3-6,13H2,1-2H3,(H,29,30). The number of halogens is 2. The van der Waals surface area contributed by atoms with Crippen molar-refractivity contribution in [3.63, 3.8) is 0 Å². The molecule has 3 rings (SSSR count). The van der Waals surface area contributed by atoms with E-state index in [4.69, 9.17) is 14.6 Å². The van der Waals surface area contributed by atoms with Crippen LogP contribution < -0.4 is 15.0 Å². The molecule has 0 fully saturated rings. The van der Waals surface area contributed by atoms with Crippen molar-refractivity contribution < 1.29 is 19.4 Å². The Morgan fingerprint density at radius 1 is 1.27 bits per heavy atom. The van der Waals surface area contributed by atoms with Gasteiger partial charge < -0.3 is 14.6 Å². The Labute approximate surface area is 212 Å². The number of fused-ring (bicyclic) bond motifs is 1. The van der Waals surface area contributed by atoms with Crippen LogP contribution in [-0.2, 0) is 11.2 Å². The number of ether oxygens (including phenoxy) is 2. The summed E-state index contributed by atoms with van der Waals surface area (Å²) in [5.74, 6) is 0.281. The molecule has 3 aromatic rings. The van der Waals surface area contributed by atoms with Gasteiger partial charge in [0.25, 0.3) is 5.56 Å². The van der Waals surface area contributed by atoms with Crippen LogP contribution >= 0.6 is 38.5 Å². The van der Waals surface area contributed by atoms with E-state index in [0.717, 1.165) is 17.3 Å². The fraction of sp³-hybridized carbons (Fsp3) is 0.304. The maximum absolute atomic E-state index is 13.2. The third-order valence-corrected chi connectivity index (χ3v) is 5.92. The fourth-order valence-electron chi connectivity index (χ4n) is 3.13. The Hall–Kier alpha value is -2.47. The molecular weight excluding hydrogens is 605 g/mol. The van der Waals surface area contributed by atoms with E-state index in [1.165, 1.54) is 4.68 Å². The van der Waals surface area contributed by atoms with E-state index in [1.54, 1.807) is 24.4 Å². The van der Waals surface area contributed by atoms with Crippen molar-refractivity contribution in [2.45, 2.75) is 33.1 Å². The number of aliphatic carboxylic acids is 1. The molecular formula is C23H23BrIN3O5. The first-order valence-electron chi connectivity index (χ1n) is 10.4. The zero-order valence-electron chi connectivity index (χ0n) is 18.2. The van der Waals surface area contributed by atoms with Crippen molar-refractivity contribution in [2.75, 3.05) is 13.2 Å². The van der Waals surface area contributed by atoms with E-state index in [1.807, 2.05) is 19.1 Å². The molecule has 0 aliphatic heterocycles. The summed E-state index contributed by atoms with van der Waals surface area (Å²) in [6, 6.07) is 8.90. The zero-order valence-corrected chi connectivity index (χ0v) is 21.9. The number of hydrogen-bond donors (Lipinski definition) is 1. The summed E-state index contributed by atoms with van der Waals surface area (Å²) in [7, 11) is 0. The van der Waals surface area contributed by atoms with Gasteiger partial charge in [-0.2, -0.15) is 9.78 Å². The highest BCUT2D eigenvalue weighted by molar-refractivity contribution is 14.1. The van der Waals surface area contributed by atoms with Crippen LogP contribution in [0.25, 0.3) is 10.9 Å². The molecule has 2 aromatic carbocycles. The molecule has 174 valence electrons. The largest absolute Gasteiger partial charge is 0.490 e. The normalized spacial score (nSPS) is 11.3. The van der Waals surface area contributed by atoms with Crippen molar-refractivity contribution >= 4 is 61.6 Å². The van der Waals surface area contributed by atoms with Crippen LogP contribution in [0.5, 0.6) is 11.5 Å². The average molecular weight is 628 g/mol. The second-order valence-corrected chi connectivity index (χ2v) is 9.18. The number of carboxylic acid groups (broad SMARTS) is 1. The van der Waals surface area contributed by atoms with Gasteiger partial charge in [0.05, 0.1) is 27.3 Å². The second-order valence-electron chi connectivity index (χ2n) is 7.10. The Morgan fingerprint density at radius 3 is 2.76 bits per heavy atom. The number of aryl methyl sites for hydroxylation is 1. The maximum Gasteiger partial charge on any atom is 0.341 e. The van der Waals surface area contributed by atoms with Crippen molar-refractivity contribution in [1.82, 2.24) is 9.66 Å². The molecule has 0 unspecified atom stereocenters. The van der Waals surface area contributed by atoms with Crippen LogP contribution in [-0.4, -0.2) is 40.2 Å². The highest BCUT2D eigenvalue weighted by atomic mass is 127. The van der Waals surface area contributed by atoms with E-state index in [9.17, 15) is 9.59 Å². The summed E-state index contributed by atoms with van der Waals surface area (Å²) in [4.78, 5) is 28.8. The van der Waals surface area contributed by atoms with E-state index < -0.39 is 12.6 Å². The summed E-state index contributed by atoms with van der Waals surface area (Å²) in [5, 5.41) is 13.9. The third-order valence-electron chi connectivity index (χ3n) is 4.62. The number of unbranched alkanes of at least 4 members (excludes halogenated alkanes) is 1. The molecule has 0 spiro atoms. The lowest BCUT2D eigenvalue weighted by Crippen LogP contribution is -2.22. The van der Waals surface area contributed by atoms with Gasteiger partial charge >= 0.3 is 5.97 Å². The van der Waals surface area contributed by atoms with Crippen LogP contribution in [0.15, 0.2) is 44.7 Å². The Morgan fingerprint density at radius 2 is 2.06 bits per heavy atom. The minimum absolute atomic E-state index is 0.246. The molecule has 0 radical (unpaired) electrons. The first kappa shape index (κ1) is 25.2. The number of aromatic nitrogens is 2. The minimum atomic E-state index is -1.08. The molecule has 0 saturated carbocycles. The zero-order chi connectivity index (χ0) is 24.0. The molecule has 1 N–H and O–H groups in total. The van der Waals surface area contributed by atoms with Crippen LogP contribution in [0.1, 0.15) is 38.1 Å². The Balaban J connectivity index is 2.06. The van der Waals surface area contributed by atoms with Crippen LogP contribution in [0.4, 0.5) is 0 Å². The van der Waals surface area contributed by atoms with Gasteiger partial charge in [-0.25, -0.2) is 9.78 Å². The second kappa shape index (κ2) is 11.6. The van der Waals surface area contributed by atoms with E-state index in [-0.39, 0.29) is 5.56 Å². The molecule has 0 atom stereocenters. The number of benzene rings is 2. The van der Waals surface area contributed by atoms with Gasteiger partial charge in [-0.1, -0.05) is 29.3 Å². The van der Waals surface area contributed by atoms with Crippen molar-refractivity contribution in [2.24, 2.45) is 5.10 Å². The molecule has 10 heteroatoms. The quantitative estimate of drug-likeness (QED) is 0.255. The van der Waals surface area contributed by atoms with E-state index in [2.05, 4.69) is 55.5 Å². The van der Waals surface area contributed by atoms with Gasteiger partial charge in [0.15, 0.2) is 18.1 Å². The van der Waals surface area contributed by atoms with Gasteiger partial charge in [0, 0.05) is 10.9 Å². The molecule has 0 amide bonds. The topological polar surface area (TPSA) is 103 Å². The van der Waals surface area contributed by atoms with Gasteiger partial charge in [0.2, 0.25) is 0 Å². The molecule has 33 heavy (non-hydrogen) atoms. The summed E-state index contributed by atoms with van der Waals surface area (Å²) in [5.41, 5.74) is 1.06. The van der Waals surface area contributed by atoms with E-state index >= 15 is 0 Å². The van der Waals surface area contributed by atoms with Gasteiger partial charge in [-0.05, 0) is 71.8 Å². The summed E-state index contributed by atoms with van der Waals surface area (Å²) < 4.78 is 13.8. The van der Waals surface area contributed by atoms with Crippen molar-refractivity contribution in [3.05, 3.63) is 60.1 Å². The highest BCUT2D eigenvalue weighted by Gasteiger charge is 2.14. The molecule has 0 bridgehead atoms. The fourth-order valence-corrected chi connectivity index (χ4v) is 4.28. The van der Waals surface area contributed by atoms with Crippen molar-refractivity contribution in [1.29, 1.82) is 0 Å². The van der Waals surface area contributed by atoms with Gasteiger partial charge in [-0.15, -0.1) is 0 Å². The number of carboxylic acids is 1. The van der Waals surface area contributed by atoms with Gasteiger partial charge in [-0.3, -0.25) is 4.79 Å². The van der Waals surface area contributed by atoms with E-state index in [0.29, 0.717) is 50.4 Å². The van der Waals surface area contributed by atoms with Gasteiger partial charge in [0.1, 0.15) is 5.82 Å². The molecule has 1 heterocycles. The first-order chi connectivity index (χ1) is 15.8. The molecule has 0 saturated heterocycles. The van der Waals surface area contributed by atoms with Crippen LogP contribution in [0.2, 0.25) is 0 Å². The lowest BCUT2D eigenvalue weighted by Gasteiger charge is -2.13. The third kappa shape index (κ3) is 6.32. The predicted molar refractivity (Wildman–Crippen MR) is 139 cm³/mol. The highest BCUT2D eigenvalue weighted by Crippen LogP contribution is 2.34. The lowest BCUT2D eigenvalue weighted by atomic mass is 10.2. The lowest BCUT2D eigenvalue weighted by molar-refractivity contribution is -0.139. The number of hydrogen-bond acceptors (Lipinski definition) is 6. The molecule has 0 aliphatic carbocycles. The summed E-state index contributed by atoms with van der Waals surface area (Å²) >= 11 is 5.46. The number of nitrogens with zero attached hydrogens (tertiary/aromatic N) is 3. The Bertz CT molecular complexity index is 1260. The molecule has 0 aliphatic rings. The molecule has 1 aromatic heterocycles. The maximum atomic E-state index is 13.2. The number of rotatable bonds is 10. The van der Waals surface area contributed by atoms with Crippen molar-refractivity contribution in [3.8, 4) is 11.5 Å². The smallest absolute Gasteiger partial charge is 0.341 e. The average Bonchev–Trinajstić information content (AvgIpc) is 2.77. The Kier molecular flexibility index (Phi) is 8.84. The minimum Gasteiger partial charge on any atom is -0.490 e.